The van der Waals surface area contributed by atoms with Gasteiger partial charge in [-0.3, -0.25) is 9.48 Å². The standard InChI is InChI=1S/C16H20N4O/c1-11-14(10-20(2)19-11)9-18-16(21)15-7-12-5-3-4-6-13(12)8-17-15/h3-6,10,15,17H,7-9H2,1-2H3,(H,18,21). The van der Waals surface area contributed by atoms with E-state index in [9.17, 15) is 4.79 Å². The molecule has 2 N–H and O–H groups in total. The minimum atomic E-state index is -0.156. The van der Waals surface area contributed by atoms with Gasteiger partial charge in [-0.25, -0.2) is 0 Å². The summed E-state index contributed by atoms with van der Waals surface area (Å²) in [6.07, 6.45) is 2.69. The maximum absolute atomic E-state index is 12.3. The summed E-state index contributed by atoms with van der Waals surface area (Å²) in [4.78, 5) is 12.3. The molecule has 1 aliphatic rings. The van der Waals surface area contributed by atoms with Crippen LogP contribution in [0.4, 0.5) is 0 Å². The molecule has 1 amide bonds. The topological polar surface area (TPSA) is 59.0 Å². The van der Waals surface area contributed by atoms with Crippen molar-refractivity contribution in [3.8, 4) is 0 Å². The molecule has 5 nitrogen and oxygen atoms in total. The number of benzene rings is 1. The number of carbonyl (C=O) groups is 1. The van der Waals surface area contributed by atoms with Crippen molar-refractivity contribution in [3.63, 3.8) is 0 Å². The zero-order valence-electron chi connectivity index (χ0n) is 12.4. The van der Waals surface area contributed by atoms with Gasteiger partial charge in [0.25, 0.3) is 0 Å². The van der Waals surface area contributed by atoms with E-state index in [1.54, 1.807) is 4.68 Å². The Morgan fingerprint density at radius 1 is 1.43 bits per heavy atom. The molecule has 0 saturated carbocycles. The number of hydrogen-bond donors (Lipinski definition) is 2. The van der Waals surface area contributed by atoms with Crippen LogP contribution in [0.1, 0.15) is 22.4 Å². The first-order chi connectivity index (χ1) is 10.1. The summed E-state index contributed by atoms with van der Waals surface area (Å²) in [5.41, 5.74) is 4.56. The molecular formula is C16H20N4O. The minimum absolute atomic E-state index is 0.0488. The van der Waals surface area contributed by atoms with E-state index in [1.165, 1.54) is 11.1 Å². The Balaban J connectivity index is 1.61. The van der Waals surface area contributed by atoms with E-state index in [1.807, 2.05) is 32.3 Å². The highest BCUT2D eigenvalue weighted by molar-refractivity contribution is 5.82. The fourth-order valence-electron chi connectivity index (χ4n) is 2.77. The van der Waals surface area contributed by atoms with Crippen LogP contribution in [0.2, 0.25) is 0 Å². The lowest BCUT2D eigenvalue weighted by Gasteiger charge is -2.25. The molecule has 0 spiro atoms. The number of amides is 1. The average molecular weight is 284 g/mol. The van der Waals surface area contributed by atoms with Crippen LogP contribution in [0.15, 0.2) is 30.5 Å². The summed E-state index contributed by atoms with van der Waals surface area (Å²) >= 11 is 0. The van der Waals surface area contributed by atoms with E-state index in [4.69, 9.17) is 0 Å². The van der Waals surface area contributed by atoms with Crippen molar-refractivity contribution in [2.45, 2.75) is 32.5 Å². The lowest BCUT2D eigenvalue weighted by molar-refractivity contribution is -0.123. The van der Waals surface area contributed by atoms with Gasteiger partial charge in [0.1, 0.15) is 0 Å². The molecule has 1 aliphatic heterocycles. The van der Waals surface area contributed by atoms with Gasteiger partial charge in [-0.2, -0.15) is 5.10 Å². The molecule has 110 valence electrons. The van der Waals surface area contributed by atoms with Crippen molar-refractivity contribution >= 4 is 5.91 Å². The molecular weight excluding hydrogens is 264 g/mol. The second-order valence-electron chi connectivity index (χ2n) is 5.54. The van der Waals surface area contributed by atoms with E-state index >= 15 is 0 Å². The third kappa shape index (κ3) is 2.97. The van der Waals surface area contributed by atoms with Crippen LogP contribution < -0.4 is 10.6 Å². The Hall–Kier alpha value is -2.14. The molecule has 1 atom stereocenters. The van der Waals surface area contributed by atoms with Crippen molar-refractivity contribution in [3.05, 3.63) is 52.8 Å². The average Bonchev–Trinajstić information content (AvgIpc) is 2.82. The molecule has 0 fully saturated rings. The van der Waals surface area contributed by atoms with Gasteiger partial charge in [-0.05, 0) is 24.5 Å². The van der Waals surface area contributed by atoms with Crippen LogP contribution >= 0.6 is 0 Å². The number of hydrogen-bond acceptors (Lipinski definition) is 3. The molecule has 21 heavy (non-hydrogen) atoms. The van der Waals surface area contributed by atoms with Gasteiger partial charge in [0.05, 0.1) is 11.7 Å². The Morgan fingerprint density at radius 3 is 2.90 bits per heavy atom. The summed E-state index contributed by atoms with van der Waals surface area (Å²) in [6, 6.07) is 8.11. The Morgan fingerprint density at radius 2 is 2.19 bits per heavy atom. The lowest BCUT2D eigenvalue weighted by Crippen LogP contribution is -2.47. The molecule has 0 aliphatic carbocycles. The molecule has 0 bridgehead atoms. The number of rotatable bonds is 3. The molecule has 2 aromatic rings. The zero-order chi connectivity index (χ0) is 14.8. The minimum Gasteiger partial charge on any atom is -0.351 e. The van der Waals surface area contributed by atoms with Crippen LogP contribution in [0.25, 0.3) is 0 Å². The number of aryl methyl sites for hydroxylation is 2. The normalized spacial score (nSPS) is 17.3. The van der Waals surface area contributed by atoms with E-state index in [0.29, 0.717) is 6.54 Å². The molecule has 0 radical (unpaired) electrons. The molecule has 3 rings (SSSR count). The summed E-state index contributed by atoms with van der Waals surface area (Å²) in [5.74, 6) is 0.0488. The van der Waals surface area contributed by atoms with Crippen LogP contribution in [0.3, 0.4) is 0 Å². The molecule has 5 heteroatoms. The highest BCUT2D eigenvalue weighted by Crippen LogP contribution is 2.16. The summed E-state index contributed by atoms with van der Waals surface area (Å²) in [6.45, 7) is 3.23. The SMILES string of the molecule is Cc1nn(C)cc1CNC(=O)C1Cc2ccccc2CN1. The first kappa shape index (κ1) is 13.8. The molecule has 2 heterocycles. The third-order valence-electron chi connectivity index (χ3n) is 3.97. The largest absolute Gasteiger partial charge is 0.351 e. The van der Waals surface area contributed by atoms with Crippen molar-refractivity contribution in [2.75, 3.05) is 0 Å². The van der Waals surface area contributed by atoms with Crippen LogP contribution in [0, 0.1) is 6.92 Å². The van der Waals surface area contributed by atoms with Crippen LogP contribution in [0.5, 0.6) is 0 Å². The van der Waals surface area contributed by atoms with Gasteiger partial charge in [-0.15, -0.1) is 0 Å². The second-order valence-corrected chi connectivity index (χ2v) is 5.54. The second kappa shape index (κ2) is 5.69. The van der Waals surface area contributed by atoms with E-state index in [0.717, 1.165) is 24.2 Å². The van der Waals surface area contributed by atoms with E-state index < -0.39 is 0 Å². The first-order valence-corrected chi connectivity index (χ1v) is 7.20. The molecule has 0 saturated heterocycles. The van der Waals surface area contributed by atoms with Gasteiger partial charge < -0.3 is 10.6 Å². The van der Waals surface area contributed by atoms with Gasteiger partial charge in [0.15, 0.2) is 0 Å². The first-order valence-electron chi connectivity index (χ1n) is 7.20. The molecule has 1 aromatic heterocycles. The zero-order valence-corrected chi connectivity index (χ0v) is 12.4. The smallest absolute Gasteiger partial charge is 0.237 e. The van der Waals surface area contributed by atoms with E-state index in [2.05, 4.69) is 27.9 Å². The summed E-state index contributed by atoms with van der Waals surface area (Å²) in [7, 11) is 1.89. The summed E-state index contributed by atoms with van der Waals surface area (Å²) in [5, 5.41) is 10.6. The number of aromatic nitrogens is 2. The van der Waals surface area contributed by atoms with Crippen LogP contribution in [-0.2, 0) is 31.4 Å². The maximum atomic E-state index is 12.3. The predicted molar refractivity (Wildman–Crippen MR) is 80.6 cm³/mol. The van der Waals surface area contributed by atoms with Crippen molar-refractivity contribution in [1.82, 2.24) is 20.4 Å². The summed E-state index contributed by atoms with van der Waals surface area (Å²) < 4.78 is 1.77. The Labute approximate surface area is 124 Å². The van der Waals surface area contributed by atoms with Gasteiger partial charge >= 0.3 is 0 Å². The highest BCUT2D eigenvalue weighted by Gasteiger charge is 2.23. The maximum Gasteiger partial charge on any atom is 0.237 e. The number of nitrogens with zero attached hydrogens (tertiary/aromatic N) is 2. The van der Waals surface area contributed by atoms with Gasteiger partial charge in [0.2, 0.25) is 5.91 Å². The lowest BCUT2D eigenvalue weighted by atomic mass is 9.95. The third-order valence-corrected chi connectivity index (χ3v) is 3.97. The van der Waals surface area contributed by atoms with Gasteiger partial charge in [0, 0.05) is 31.9 Å². The van der Waals surface area contributed by atoms with Crippen molar-refractivity contribution in [1.29, 1.82) is 0 Å². The number of carbonyl (C=O) groups excluding carboxylic acids is 1. The van der Waals surface area contributed by atoms with E-state index in [-0.39, 0.29) is 11.9 Å². The Bertz CT molecular complexity index is 662. The van der Waals surface area contributed by atoms with Crippen LogP contribution in [-0.4, -0.2) is 21.7 Å². The van der Waals surface area contributed by atoms with Crippen molar-refractivity contribution in [2.24, 2.45) is 7.05 Å². The quantitative estimate of drug-likeness (QED) is 0.886. The van der Waals surface area contributed by atoms with Gasteiger partial charge in [-0.1, -0.05) is 24.3 Å². The fourth-order valence-corrected chi connectivity index (χ4v) is 2.77. The van der Waals surface area contributed by atoms with Crippen molar-refractivity contribution < 1.29 is 4.79 Å². The highest BCUT2D eigenvalue weighted by atomic mass is 16.2. The fraction of sp³-hybridized carbons (Fsp3) is 0.375. The number of fused-ring (bicyclic) bond motifs is 1. The monoisotopic (exact) mass is 284 g/mol. The predicted octanol–water partition coefficient (Wildman–Crippen LogP) is 1.06. The molecule has 1 unspecified atom stereocenters. The number of nitrogens with one attached hydrogen (secondary N) is 2. The molecule has 1 aromatic carbocycles. The Kier molecular flexibility index (Phi) is 3.75.